The van der Waals surface area contributed by atoms with Crippen LogP contribution < -0.4 is 0 Å². The molecule has 11 atom stereocenters. The summed E-state index contributed by atoms with van der Waals surface area (Å²) < 4.78 is 17.7. The van der Waals surface area contributed by atoms with Crippen LogP contribution in [0.25, 0.3) is 0 Å². The summed E-state index contributed by atoms with van der Waals surface area (Å²) in [6.07, 6.45) is 12.4. The van der Waals surface area contributed by atoms with Crippen molar-refractivity contribution in [1.82, 2.24) is 0 Å². The Morgan fingerprint density at radius 2 is 1.86 bits per heavy atom. The Balaban J connectivity index is 1.21. The molecule has 6 rings (SSSR count). The number of aliphatic hydroxyl groups is 2. The van der Waals surface area contributed by atoms with Gasteiger partial charge in [0.1, 0.15) is 6.61 Å². The number of hydrogen-bond acceptors (Lipinski definition) is 6. The van der Waals surface area contributed by atoms with Crippen molar-refractivity contribution in [3.63, 3.8) is 0 Å². The minimum Gasteiger partial charge on any atom is -0.458 e. The van der Waals surface area contributed by atoms with E-state index in [1.165, 1.54) is 6.42 Å². The molecule has 0 amide bonds. The summed E-state index contributed by atoms with van der Waals surface area (Å²) >= 11 is 0. The van der Waals surface area contributed by atoms with Crippen LogP contribution >= 0.6 is 0 Å². The smallest absolute Gasteiger partial charge is 0.331 e. The Morgan fingerprint density at radius 3 is 2.60 bits per heavy atom. The van der Waals surface area contributed by atoms with Gasteiger partial charge in [0.25, 0.3) is 0 Å². The molecule has 11 unspecified atom stereocenters. The summed E-state index contributed by atoms with van der Waals surface area (Å²) in [5, 5.41) is 24.1. The second-order valence-electron chi connectivity index (χ2n) is 13.2. The van der Waals surface area contributed by atoms with Crippen LogP contribution in [0.3, 0.4) is 0 Å². The maximum Gasteiger partial charge on any atom is 0.331 e. The molecule has 6 aliphatic rings. The molecule has 2 N–H and O–H groups in total. The van der Waals surface area contributed by atoms with Gasteiger partial charge < -0.3 is 24.4 Å². The monoisotopic (exact) mass is 488 g/mol. The average molecular weight is 489 g/mol. The van der Waals surface area contributed by atoms with Gasteiger partial charge in [-0.2, -0.15) is 0 Å². The van der Waals surface area contributed by atoms with Crippen LogP contribution in [-0.4, -0.2) is 53.0 Å². The Labute approximate surface area is 209 Å². The number of rotatable bonds is 3. The maximum atomic E-state index is 12.4. The lowest BCUT2D eigenvalue weighted by molar-refractivity contribution is -0.256. The molecule has 5 fully saturated rings. The molecule has 4 saturated carbocycles. The van der Waals surface area contributed by atoms with Gasteiger partial charge in [-0.1, -0.05) is 13.8 Å². The first-order valence-corrected chi connectivity index (χ1v) is 14.2. The van der Waals surface area contributed by atoms with E-state index in [4.69, 9.17) is 14.2 Å². The number of hydrogen-bond donors (Lipinski definition) is 2. The van der Waals surface area contributed by atoms with Crippen molar-refractivity contribution in [2.45, 2.75) is 122 Å². The zero-order valence-corrected chi connectivity index (χ0v) is 21.7. The van der Waals surface area contributed by atoms with Crippen molar-refractivity contribution >= 4 is 5.97 Å². The molecule has 0 aromatic heterocycles. The Hall–Kier alpha value is -0.950. The molecular formula is C29H44O6. The highest BCUT2D eigenvalue weighted by Crippen LogP contribution is 2.70. The largest absolute Gasteiger partial charge is 0.458 e. The van der Waals surface area contributed by atoms with Crippen molar-refractivity contribution in [1.29, 1.82) is 0 Å². The van der Waals surface area contributed by atoms with Crippen molar-refractivity contribution in [3.05, 3.63) is 11.6 Å². The van der Waals surface area contributed by atoms with Crippen LogP contribution in [0.15, 0.2) is 11.6 Å². The number of carbonyl (C=O) groups is 1. The Bertz CT molecular complexity index is 886. The van der Waals surface area contributed by atoms with Gasteiger partial charge in [0.2, 0.25) is 0 Å². The normalized spacial score (nSPS) is 53.9. The molecule has 0 aromatic rings. The van der Waals surface area contributed by atoms with Crippen molar-refractivity contribution < 1.29 is 29.2 Å². The van der Waals surface area contributed by atoms with E-state index in [0.29, 0.717) is 24.9 Å². The lowest BCUT2D eigenvalue weighted by atomic mass is 9.42. The highest BCUT2D eigenvalue weighted by Gasteiger charge is 2.70. The first-order valence-electron chi connectivity index (χ1n) is 14.2. The van der Waals surface area contributed by atoms with Crippen LogP contribution in [0.1, 0.15) is 91.4 Å². The topological polar surface area (TPSA) is 85.2 Å². The fourth-order valence-corrected chi connectivity index (χ4v) is 9.76. The van der Waals surface area contributed by atoms with Gasteiger partial charge in [0.05, 0.1) is 23.9 Å². The summed E-state index contributed by atoms with van der Waals surface area (Å²) in [5.41, 5.74) is -0.458. The van der Waals surface area contributed by atoms with Crippen molar-refractivity contribution in [2.75, 3.05) is 6.61 Å². The third-order valence-electron chi connectivity index (χ3n) is 11.8. The molecule has 196 valence electrons. The zero-order chi connectivity index (χ0) is 24.6. The second-order valence-corrected chi connectivity index (χ2v) is 13.2. The lowest BCUT2D eigenvalue weighted by Crippen LogP contribution is -2.67. The molecule has 6 nitrogen and oxygen atoms in total. The van der Waals surface area contributed by atoms with Crippen LogP contribution in [0.2, 0.25) is 0 Å². The summed E-state index contributed by atoms with van der Waals surface area (Å²) in [4.78, 5) is 11.8. The van der Waals surface area contributed by atoms with Crippen molar-refractivity contribution in [3.8, 4) is 0 Å². The molecule has 0 spiro atoms. The number of ether oxygens (including phenoxy) is 3. The summed E-state index contributed by atoms with van der Waals surface area (Å²) in [6.45, 7) is 6.96. The van der Waals surface area contributed by atoms with Crippen LogP contribution in [0.4, 0.5) is 0 Å². The lowest BCUT2D eigenvalue weighted by Gasteiger charge is -2.65. The van der Waals surface area contributed by atoms with E-state index < -0.39 is 17.1 Å². The fourth-order valence-electron chi connectivity index (χ4n) is 9.76. The summed E-state index contributed by atoms with van der Waals surface area (Å²) in [6, 6.07) is 0. The Morgan fingerprint density at radius 1 is 1.03 bits per heavy atom. The summed E-state index contributed by atoms with van der Waals surface area (Å²) in [7, 11) is 0. The SMILES string of the molecule is CC1CCCC(OC2CCC3(C)C(CCC4C3CC(O)C3(C)C(C5=CC(=O)OC5)CCC43O)C2)O1. The average Bonchev–Trinajstić information content (AvgIpc) is 3.36. The van der Waals surface area contributed by atoms with E-state index in [0.717, 1.165) is 63.4 Å². The van der Waals surface area contributed by atoms with Gasteiger partial charge >= 0.3 is 5.97 Å². The maximum absolute atomic E-state index is 12.4. The molecule has 0 bridgehead atoms. The molecule has 0 aromatic carbocycles. The van der Waals surface area contributed by atoms with Crippen LogP contribution in [0.5, 0.6) is 0 Å². The van der Waals surface area contributed by atoms with Crippen LogP contribution in [-0.2, 0) is 19.0 Å². The third kappa shape index (κ3) is 3.60. The number of fused-ring (bicyclic) bond motifs is 5. The molecule has 6 heteroatoms. The molecule has 2 heterocycles. The predicted octanol–water partition coefficient (Wildman–Crippen LogP) is 4.51. The van der Waals surface area contributed by atoms with Crippen molar-refractivity contribution in [2.24, 2.45) is 34.5 Å². The molecule has 35 heavy (non-hydrogen) atoms. The van der Waals surface area contributed by atoms with Gasteiger partial charge in [-0.05, 0) is 112 Å². The molecular weight excluding hydrogens is 444 g/mol. The van der Waals surface area contributed by atoms with E-state index >= 15 is 0 Å². The van der Waals surface area contributed by atoms with E-state index in [2.05, 4.69) is 20.8 Å². The molecule has 1 saturated heterocycles. The number of cyclic esters (lactones) is 1. The number of esters is 1. The predicted molar refractivity (Wildman–Crippen MR) is 130 cm³/mol. The molecule has 2 aliphatic heterocycles. The first-order chi connectivity index (χ1) is 16.6. The molecule has 0 radical (unpaired) electrons. The van der Waals surface area contributed by atoms with Gasteiger partial charge in [-0.25, -0.2) is 4.79 Å². The standard InChI is InChI=1S/C29H44O6/c1-17-5-4-6-26(34-17)35-20-9-11-27(2)19(14-20)7-8-22-23(27)15-24(30)28(3)21(10-12-29(22,28)32)18-13-25(31)33-16-18/h13,17,19-24,26,30,32H,4-12,14-16H2,1-3H3. The van der Waals surface area contributed by atoms with Gasteiger partial charge in [-0.15, -0.1) is 0 Å². The summed E-state index contributed by atoms with van der Waals surface area (Å²) in [5.74, 6) is 0.783. The van der Waals surface area contributed by atoms with E-state index in [9.17, 15) is 15.0 Å². The second kappa shape index (κ2) is 8.54. The van der Waals surface area contributed by atoms with Crippen LogP contribution in [0, 0.1) is 34.5 Å². The zero-order valence-electron chi connectivity index (χ0n) is 21.7. The van der Waals surface area contributed by atoms with Gasteiger partial charge in [0.15, 0.2) is 6.29 Å². The van der Waals surface area contributed by atoms with E-state index in [1.54, 1.807) is 6.08 Å². The van der Waals surface area contributed by atoms with E-state index in [1.807, 2.05) is 0 Å². The first kappa shape index (κ1) is 24.4. The van der Waals surface area contributed by atoms with E-state index in [-0.39, 0.29) is 41.7 Å². The highest BCUT2D eigenvalue weighted by molar-refractivity contribution is 5.85. The quantitative estimate of drug-likeness (QED) is 0.449. The van der Waals surface area contributed by atoms with Gasteiger partial charge in [0, 0.05) is 11.5 Å². The highest BCUT2D eigenvalue weighted by atomic mass is 16.7. The minimum absolute atomic E-state index is 0.00227. The Kier molecular flexibility index (Phi) is 5.95. The fraction of sp³-hybridized carbons (Fsp3) is 0.897. The third-order valence-corrected chi connectivity index (χ3v) is 11.8. The minimum atomic E-state index is -0.903. The van der Waals surface area contributed by atoms with Gasteiger partial charge in [-0.3, -0.25) is 0 Å². The molecule has 4 aliphatic carbocycles. The number of aliphatic hydroxyl groups excluding tert-OH is 1. The number of carbonyl (C=O) groups excluding carboxylic acids is 1.